The van der Waals surface area contributed by atoms with E-state index >= 15 is 0 Å². The number of benzene rings is 1. The van der Waals surface area contributed by atoms with Gasteiger partial charge in [0.1, 0.15) is 0 Å². The summed E-state index contributed by atoms with van der Waals surface area (Å²) in [6, 6.07) is 10.7. The van der Waals surface area contributed by atoms with Crippen molar-refractivity contribution in [2.24, 2.45) is 5.92 Å². The molecule has 84 valence electrons. The Morgan fingerprint density at radius 3 is 2.47 bits per heavy atom. The van der Waals surface area contributed by atoms with Crippen LogP contribution in [0, 0.1) is 5.92 Å². The van der Waals surface area contributed by atoms with Gasteiger partial charge in [0.05, 0.1) is 0 Å². The number of hydrogen-bond donors (Lipinski definition) is 0. The van der Waals surface area contributed by atoms with E-state index in [1.54, 1.807) is 0 Å². The van der Waals surface area contributed by atoms with Crippen LogP contribution in [0.3, 0.4) is 0 Å². The fraction of sp³-hybridized carbons (Fsp3) is 0.571. The molecule has 0 N–H and O–H groups in total. The van der Waals surface area contributed by atoms with Gasteiger partial charge in [-0.1, -0.05) is 43.7 Å². The monoisotopic (exact) mass is 206 g/mol. The molecule has 15 heavy (non-hydrogen) atoms. The highest BCUT2D eigenvalue weighted by atomic mass is 16.5. The molecule has 0 spiro atoms. The highest BCUT2D eigenvalue weighted by molar-refractivity contribution is 5.15. The zero-order chi connectivity index (χ0) is 10.9. The molecule has 0 amide bonds. The number of rotatable bonds is 7. The van der Waals surface area contributed by atoms with Crippen molar-refractivity contribution in [3.8, 4) is 0 Å². The molecule has 1 aromatic rings. The summed E-state index contributed by atoms with van der Waals surface area (Å²) >= 11 is 0. The SMILES string of the molecule is CCOCCC(CC)Cc1ccccc1. The Balaban J connectivity index is 2.33. The lowest BCUT2D eigenvalue weighted by Gasteiger charge is -2.14. The normalized spacial score (nSPS) is 12.7. The second kappa shape index (κ2) is 7.47. The summed E-state index contributed by atoms with van der Waals surface area (Å²) in [5.74, 6) is 0.763. The molecule has 1 unspecified atom stereocenters. The first-order chi connectivity index (χ1) is 7.36. The van der Waals surface area contributed by atoms with Crippen molar-refractivity contribution in [2.75, 3.05) is 13.2 Å². The summed E-state index contributed by atoms with van der Waals surface area (Å²) in [5.41, 5.74) is 1.45. The van der Waals surface area contributed by atoms with Gasteiger partial charge in [0, 0.05) is 13.2 Å². The van der Waals surface area contributed by atoms with Crippen LogP contribution < -0.4 is 0 Å². The lowest BCUT2D eigenvalue weighted by molar-refractivity contribution is 0.131. The second-order valence-corrected chi connectivity index (χ2v) is 3.95. The van der Waals surface area contributed by atoms with Crippen molar-refractivity contribution >= 4 is 0 Å². The molecule has 0 bridgehead atoms. The molecule has 0 saturated heterocycles. The molecule has 0 aromatic heterocycles. The van der Waals surface area contributed by atoms with Gasteiger partial charge in [0.25, 0.3) is 0 Å². The van der Waals surface area contributed by atoms with Gasteiger partial charge in [-0.15, -0.1) is 0 Å². The zero-order valence-electron chi connectivity index (χ0n) is 9.91. The minimum absolute atomic E-state index is 0.763. The molecule has 1 aromatic carbocycles. The summed E-state index contributed by atoms with van der Waals surface area (Å²) in [6.07, 6.45) is 3.60. The number of hydrogen-bond acceptors (Lipinski definition) is 1. The Hall–Kier alpha value is -0.820. The minimum atomic E-state index is 0.763. The maximum atomic E-state index is 5.40. The lowest BCUT2D eigenvalue weighted by atomic mass is 9.94. The van der Waals surface area contributed by atoms with Gasteiger partial charge in [0.2, 0.25) is 0 Å². The minimum Gasteiger partial charge on any atom is -0.382 e. The van der Waals surface area contributed by atoms with Gasteiger partial charge < -0.3 is 4.74 Å². The van der Waals surface area contributed by atoms with Crippen LogP contribution in [-0.4, -0.2) is 13.2 Å². The van der Waals surface area contributed by atoms with Crippen molar-refractivity contribution in [3.63, 3.8) is 0 Å². The van der Waals surface area contributed by atoms with E-state index in [-0.39, 0.29) is 0 Å². The first kappa shape index (κ1) is 12.3. The summed E-state index contributed by atoms with van der Waals surface area (Å²) < 4.78 is 5.40. The molecular formula is C14H22O. The van der Waals surface area contributed by atoms with Crippen LogP contribution in [0.4, 0.5) is 0 Å². The maximum absolute atomic E-state index is 5.40. The molecule has 0 aliphatic heterocycles. The molecule has 1 atom stereocenters. The summed E-state index contributed by atoms with van der Waals surface area (Å²) in [6.45, 7) is 6.06. The van der Waals surface area contributed by atoms with E-state index in [1.165, 1.54) is 24.8 Å². The molecule has 1 rings (SSSR count). The molecule has 1 heteroatoms. The molecule has 0 heterocycles. The predicted molar refractivity (Wildman–Crippen MR) is 65.0 cm³/mol. The molecule has 0 radical (unpaired) electrons. The Labute approximate surface area is 93.5 Å². The highest BCUT2D eigenvalue weighted by Gasteiger charge is 2.06. The lowest BCUT2D eigenvalue weighted by Crippen LogP contribution is -2.07. The van der Waals surface area contributed by atoms with Crippen molar-refractivity contribution in [1.82, 2.24) is 0 Å². The third-order valence-corrected chi connectivity index (χ3v) is 2.82. The van der Waals surface area contributed by atoms with E-state index in [4.69, 9.17) is 4.74 Å². The standard InChI is InChI=1S/C14H22O/c1-3-13(10-11-15-4-2)12-14-8-6-5-7-9-14/h5-9,13H,3-4,10-12H2,1-2H3. The van der Waals surface area contributed by atoms with E-state index in [9.17, 15) is 0 Å². The van der Waals surface area contributed by atoms with Gasteiger partial charge >= 0.3 is 0 Å². The Morgan fingerprint density at radius 2 is 1.87 bits per heavy atom. The number of ether oxygens (including phenoxy) is 1. The van der Waals surface area contributed by atoms with Crippen LogP contribution in [-0.2, 0) is 11.2 Å². The maximum Gasteiger partial charge on any atom is 0.0468 e. The molecular weight excluding hydrogens is 184 g/mol. The van der Waals surface area contributed by atoms with Crippen LogP contribution >= 0.6 is 0 Å². The van der Waals surface area contributed by atoms with Crippen LogP contribution in [0.25, 0.3) is 0 Å². The molecule has 0 saturated carbocycles. The van der Waals surface area contributed by atoms with E-state index in [0.717, 1.165) is 19.1 Å². The average Bonchev–Trinajstić information content (AvgIpc) is 2.29. The first-order valence-electron chi connectivity index (χ1n) is 5.98. The predicted octanol–water partition coefficient (Wildman–Crippen LogP) is 3.68. The van der Waals surface area contributed by atoms with Gasteiger partial charge in [-0.2, -0.15) is 0 Å². The fourth-order valence-corrected chi connectivity index (χ4v) is 1.79. The smallest absolute Gasteiger partial charge is 0.0468 e. The Kier molecular flexibility index (Phi) is 6.10. The van der Waals surface area contributed by atoms with Crippen LogP contribution in [0.5, 0.6) is 0 Å². The highest BCUT2D eigenvalue weighted by Crippen LogP contribution is 2.15. The van der Waals surface area contributed by atoms with Gasteiger partial charge in [-0.05, 0) is 31.2 Å². The van der Waals surface area contributed by atoms with Gasteiger partial charge in [-0.25, -0.2) is 0 Å². The van der Waals surface area contributed by atoms with Gasteiger partial charge in [0.15, 0.2) is 0 Å². The van der Waals surface area contributed by atoms with Crippen LogP contribution in [0.2, 0.25) is 0 Å². The van der Waals surface area contributed by atoms with Crippen LogP contribution in [0.15, 0.2) is 30.3 Å². The van der Waals surface area contributed by atoms with E-state index in [1.807, 2.05) is 0 Å². The van der Waals surface area contributed by atoms with E-state index in [0.29, 0.717) is 0 Å². The topological polar surface area (TPSA) is 9.23 Å². The quantitative estimate of drug-likeness (QED) is 0.618. The van der Waals surface area contributed by atoms with E-state index in [2.05, 4.69) is 44.2 Å². The largest absolute Gasteiger partial charge is 0.382 e. The fourth-order valence-electron chi connectivity index (χ4n) is 1.79. The Bertz CT molecular complexity index is 243. The summed E-state index contributed by atoms with van der Waals surface area (Å²) in [4.78, 5) is 0. The molecule has 0 aliphatic carbocycles. The molecule has 0 aliphatic rings. The first-order valence-corrected chi connectivity index (χ1v) is 5.98. The van der Waals surface area contributed by atoms with Crippen molar-refractivity contribution in [1.29, 1.82) is 0 Å². The van der Waals surface area contributed by atoms with Crippen molar-refractivity contribution in [2.45, 2.75) is 33.1 Å². The summed E-state index contributed by atoms with van der Waals surface area (Å²) in [5, 5.41) is 0. The van der Waals surface area contributed by atoms with Crippen LogP contribution in [0.1, 0.15) is 32.3 Å². The summed E-state index contributed by atoms with van der Waals surface area (Å²) in [7, 11) is 0. The zero-order valence-corrected chi connectivity index (χ0v) is 9.91. The third kappa shape index (κ3) is 4.98. The average molecular weight is 206 g/mol. The second-order valence-electron chi connectivity index (χ2n) is 3.95. The Morgan fingerprint density at radius 1 is 1.13 bits per heavy atom. The van der Waals surface area contributed by atoms with Crippen molar-refractivity contribution in [3.05, 3.63) is 35.9 Å². The molecule has 0 fully saturated rings. The third-order valence-electron chi connectivity index (χ3n) is 2.82. The molecule has 1 nitrogen and oxygen atoms in total. The van der Waals surface area contributed by atoms with Crippen molar-refractivity contribution < 1.29 is 4.74 Å². The van der Waals surface area contributed by atoms with E-state index < -0.39 is 0 Å². The van der Waals surface area contributed by atoms with Gasteiger partial charge in [-0.3, -0.25) is 0 Å².